The number of benzene rings is 2. The highest BCUT2D eigenvalue weighted by Gasteiger charge is 2.34. The summed E-state index contributed by atoms with van der Waals surface area (Å²) < 4.78 is 5.32. The van der Waals surface area contributed by atoms with Crippen LogP contribution in [0.3, 0.4) is 0 Å². The van der Waals surface area contributed by atoms with E-state index in [9.17, 15) is 19.2 Å². The molecule has 2 aromatic carbocycles. The molecule has 0 saturated carbocycles. The van der Waals surface area contributed by atoms with Crippen LogP contribution in [0.4, 0.5) is 0 Å². The summed E-state index contributed by atoms with van der Waals surface area (Å²) in [6.07, 6.45) is 12.7. The predicted molar refractivity (Wildman–Crippen MR) is 152 cm³/mol. The smallest absolute Gasteiger partial charge is 0.336 e. The monoisotopic (exact) mass is 549 g/mol. The summed E-state index contributed by atoms with van der Waals surface area (Å²) in [4.78, 5) is 53.7. The minimum atomic E-state index is -0.503. The first kappa shape index (κ1) is 31.1. The summed E-state index contributed by atoms with van der Waals surface area (Å²) >= 11 is 0. The molecule has 7 nitrogen and oxygen atoms in total. The van der Waals surface area contributed by atoms with Gasteiger partial charge in [-0.1, -0.05) is 118 Å². The minimum Gasteiger partial charge on any atom is -0.461 e. The number of carbonyl (C=O) groups excluding carboxylic acids is 4. The zero-order valence-electron chi connectivity index (χ0n) is 23.6. The van der Waals surface area contributed by atoms with Gasteiger partial charge < -0.3 is 9.57 Å². The van der Waals surface area contributed by atoms with Gasteiger partial charge in [0, 0.05) is 19.3 Å². The first-order chi connectivity index (χ1) is 19.5. The Morgan fingerprint density at radius 2 is 1.18 bits per heavy atom. The normalized spacial score (nSPS) is 13.8. The van der Waals surface area contributed by atoms with Gasteiger partial charge in [-0.05, 0) is 30.4 Å². The van der Waals surface area contributed by atoms with Crippen LogP contribution >= 0.6 is 0 Å². The third kappa shape index (κ3) is 11.7. The summed E-state index contributed by atoms with van der Waals surface area (Å²) in [6.45, 7) is 0.345. The average Bonchev–Trinajstić information content (AvgIpc) is 3.29. The first-order valence-corrected chi connectivity index (χ1v) is 14.8. The highest BCUT2D eigenvalue weighted by atomic mass is 16.7. The van der Waals surface area contributed by atoms with Crippen LogP contribution in [-0.2, 0) is 41.8 Å². The Kier molecular flexibility index (Phi) is 14.0. The number of carbonyl (C=O) groups is 4. The number of esters is 1. The molecule has 1 unspecified atom stereocenters. The lowest BCUT2D eigenvalue weighted by atomic mass is 9.93. The second kappa shape index (κ2) is 18.0. The summed E-state index contributed by atoms with van der Waals surface area (Å²) in [5.41, 5.74) is 2.05. The van der Waals surface area contributed by atoms with Gasteiger partial charge in [0.1, 0.15) is 6.61 Å². The number of hydrogen-bond acceptors (Lipinski definition) is 6. The maximum absolute atomic E-state index is 12.8. The Morgan fingerprint density at radius 3 is 1.75 bits per heavy atom. The van der Waals surface area contributed by atoms with Crippen molar-refractivity contribution in [1.29, 1.82) is 0 Å². The summed E-state index contributed by atoms with van der Waals surface area (Å²) in [6, 6.07) is 19.5. The maximum Gasteiger partial charge on any atom is 0.336 e. The molecule has 216 valence electrons. The van der Waals surface area contributed by atoms with E-state index in [4.69, 9.17) is 9.57 Å². The largest absolute Gasteiger partial charge is 0.461 e. The molecule has 7 heteroatoms. The van der Waals surface area contributed by atoms with Gasteiger partial charge in [0.05, 0.1) is 5.92 Å². The van der Waals surface area contributed by atoms with Crippen molar-refractivity contribution in [2.45, 2.75) is 103 Å². The fraction of sp³-hybridized carbons (Fsp3) is 0.515. The van der Waals surface area contributed by atoms with Gasteiger partial charge in [-0.3, -0.25) is 14.4 Å². The zero-order chi connectivity index (χ0) is 28.4. The van der Waals surface area contributed by atoms with E-state index in [0.29, 0.717) is 30.9 Å². The predicted octanol–water partition coefficient (Wildman–Crippen LogP) is 6.88. The van der Waals surface area contributed by atoms with Crippen LogP contribution in [0.5, 0.6) is 0 Å². The zero-order valence-corrected chi connectivity index (χ0v) is 23.6. The van der Waals surface area contributed by atoms with Crippen molar-refractivity contribution in [2.24, 2.45) is 5.92 Å². The molecule has 1 fully saturated rings. The first-order valence-electron chi connectivity index (χ1n) is 14.8. The Hall–Kier alpha value is -3.48. The molecule has 1 atom stereocenters. The maximum atomic E-state index is 12.8. The fourth-order valence-electron chi connectivity index (χ4n) is 4.91. The van der Waals surface area contributed by atoms with Gasteiger partial charge in [-0.2, -0.15) is 0 Å². The minimum absolute atomic E-state index is 0.0965. The molecule has 1 heterocycles. The van der Waals surface area contributed by atoms with Crippen LogP contribution in [0, 0.1) is 5.92 Å². The third-order valence-electron chi connectivity index (χ3n) is 7.27. The van der Waals surface area contributed by atoms with E-state index in [1.165, 1.54) is 19.3 Å². The van der Waals surface area contributed by atoms with E-state index < -0.39 is 17.8 Å². The second-order valence-electron chi connectivity index (χ2n) is 10.6. The number of hydrogen-bond donors (Lipinski definition) is 0. The molecule has 0 aromatic heterocycles. The van der Waals surface area contributed by atoms with Gasteiger partial charge in [-0.25, -0.2) is 4.79 Å². The van der Waals surface area contributed by atoms with Crippen LogP contribution in [0.25, 0.3) is 0 Å². The Morgan fingerprint density at radius 1 is 0.675 bits per heavy atom. The lowest BCUT2D eigenvalue weighted by Crippen LogP contribution is -2.35. The fourth-order valence-corrected chi connectivity index (χ4v) is 4.91. The molecule has 2 amide bonds. The lowest BCUT2D eigenvalue weighted by Gasteiger charge is -2.19. The van der Waals surface area contributed by atoms with Crippen molar-refractivity contribution >= 4 is 23.8 Å². The molecule has 0 radical (unpaired) electrons. The van der Waals surface area contributed by atoms with Crippen molar-refractivity contribution in [2.75, 3.05) is 0 Å². The number of nitrogens with zero attached hydrogens (tertiary/aromatic N) is 1. The van der Waals surface area contributed by atoms with E-state index in [1.54, 1.807) is 0 Å². The molecule has 0 bridgehead atoms. The summed E-state index contributed by atoms with van der Waals surface area (Å²) in [5, 5.41) is 0.651. The van der Waals surface area contributed by atoms with Crippen molar-refractivity contribution in [3.05, 3.63) is 71.8 Å². The molecule has 3 rings (SSSR count). The molecule has 0 spiro atoms. The van der Waals surface area contributed by atoms with Gasteiger partial charge >= 0.3 is 11.9 Å². The van der Waals surface area contributed by atoms with Gasteiger partial charge in [0.25, 0.3) is 11.8 Å². The summed E-state index contributed by atoms with van der Waals surface area (Å²) in [5.74, 6) is -1.91. The van der Waals surface area contributed by atoms with Crippen LogP contribution < -0.4 is 0 Å². The molecular formula is C33H43NO6. The van der Waals surface area contributed by atoms with Crippen molar-refractivity contribution in [3.63, 3.8) is 0 Å². The quantitative estimate of drug-likeness (QED) is 0.108. The van der Waals surface area contributed by atoms with Crippen LogP contribution in [-0.4, -0.2) is 28.8 Å². The van der Waals surface area contributed by atoms with Crippen LogP contribution in [0.2, 0.25) is 0 Å². The standard InChI is InChI=1S/C33H43NO6/c35-30-23-24-31(36)34(30)40-33(38)29(25-27-17-11-9-12-18-27)21-15-7-5-3-1-2-4-6-8-16-22-32(37)39-26-28-19-13-10-14-20-28/h9-14,17-20,29H,1-8,15-16,21-26H2. The Bertz CT molecular complexity index is 1040. The molecule has 40 heavy (non-hydrogen) atoms. The molecule has 1 saturated heterocycles. The van der Waals surface area contributed by atoms with E-state index in [0.717, 1.165) is 56.1 Å². The number of amides is 2. The van der Waals surface area contributed by atoms with E-state index >= 15 is 0 Å². The number of unbranched alkanes of at least 4 members (excludes halogenated alkanes) is 9. The highest BCUT2D eigenvalue weighted by molar-refractivity contribution is 6.01. The van der Waals surface area contributed by atoms with Gasteiger partial charge in [0.2, 0.25) is 0 Å². The second-order valence-corrected chi connectivity index (χ2v) is 10.6. The SMILES string of the molecule is O=C(CCCCCCCCCCCCC(Cc1ccccc1)C(=O)ON1C(=O)CCC1=O)OCc1ccccc1. The lowest BCUT2D eigenvalue weighted by molar-refractivity contribution is -0.200. The van der Waals surface area contributed by atoms with E-state index in [-0.39, 0.29) is 24.7 Å². The van der Waals surface area contributed by atoms with Crippen molar-refractivity contribution in [3.8, 4) is 0 Å². The van der Waals surface area contributed by atoms with Gasteiger partial charge in [-0.15, -0.1) is 5.06 Å². The Labute approximate surface area is 238 Å². The number of hydroxylamine groups is 2. The topological polar surface area (TPSA) is 90.0 Å². The van der Waals surface area contributed by atoms with Gasteiger partial charge in [0.15, 0.2) is 0 Å². The third-order valence-corrected chi connectivity index (χ3v) is 7.27. The average molecular weight is 550 g/mol. The van der Waals surface area contributed by atoms with Crippen LogP contribution in [0.15, 0.2) is 60.7 Å². The number of ether oxygens (including phenoxy) is 1. The molecule has 0 N–H and O–H groups in total. The number of imide groups is 1. The van der Waals surface area contributed by atoms with Crippen molar-refractivity contribution < 1.29 is 28.8 Å². The van der Waals surface area contributed by atoms with E-state index in [2.05, 4.69) is 0 Å². The molecule has 2 aromatic rings. The molecule has 1 aliphatic heterocycles. The van der Waals surface area contributed by atoms with Crippen LogP contribution in [0.1, 0.15) is 101 Å². The van der Waals surface area contributed by atoms with E-state index in [1.807, 2.05) is 60.7 Å². The van der Waals surface area contributed by atoms with Crippen molar-refractivity contribution in [1.82, 2.24) is 5.06 Å². The number of rotatable bonds is 19. The highest BCUT2D eigenvalue weighted by Crippen LogP contribution is 2.21. The molecular weight excluding hydrogens is 506 g/mol. The Balaban J connectivity index is 1.21. The molecule has 0 aliphatic carbocycles. The molecule has 1 aliphatic rings. The summed E-state index contributed by atoms with van der Waals surface area (Å²) in [7, 11) is 0.